The lowest BCUT2D eigenvalue weighted by atomic mass is 9.61. The van der Waals surface area contributed by atoms with E-state index in [1.165, 1.54) is 57.8 Å². The minimum atomic E-state index is 0.111. The van der Waals surface area contributed by atoms with Crippen LogP contribution in [0.25, 0.3) is 0 Å². The van der Waals surface area contributed by atoms with Gasteiger partial charge >= 0.3 is 7.12 Å². The summed E-state index contributed by atoms with van der Waals surface area (Å²) in [5, 5.41) is 0. The van der Waals surface area contributed by atoms with Crippen LogP contribution in [-0.4, -0.2) is 20.3 Å². The van der Waals surface area contributed by atoms with Crippen molar-refractivity contribution in [1.82, 2.24) is 0 Å². The third kappa shape index (κ3) is 4.79. The molecule has 0 atom stereocenters. The molecule has 2 nitrogen and oxygen atoms in total. The van der Waals surface area contributed by atoms with Crippen LogP contribution in [0.3, 0.4) is 0 Å². The molecule has 2 fully saturated rings. The van der Waals surface area contributed by atoms with E-state index in [1.807, 2.05) is 0 Å². The zero-order chi connectivity index (χ0) is 13.5. The fourth-order valence-corrected chi connectivity index (χ4v) is 3.50. The first-order chi connectivity index (χ1) is 9.33. The van der Waals surface area contributed by atoms with Crippen LogP contribution in [0.2, 0.25) is 5.82 Å². The highest BCUT2D eigenvalue weighted by atomic mass is 16.6. The van der Waals surface area contributed by atoms with E-state index in [1.54, 1.807) is 0 Å². The Morgan fingerprint density at radius 1 is 0.895 bits per heavy atom. The topological polar surface area (TPSA) is 18.5 Å². The molecule has 1 aliphatic heterocycles. The number of hydrogen-bond donors (Lipinski definition) is 0. The van der Waals surface area contributed by atoms with Gasteiger partial charge in [0.25, 0.3) is 0 Å². The lowest BCUT2D eigenvalue weighted by Gasteiger charge is -2.35. The van der Waals surface area contributed by atoms with Gasteiger partial charge in [0.1, 0.15) is 0 Å². The smallest absolute Gasteiger partial charge is 0.411 e. The van der Waals surface area contributed by atoms with Crippen LogP contribution < -0.4 is 0 Å². The second-order valence-corrected chi connectivity index (χ2v) is 6.59. The zero-order valence-electron chi connectivity index (χ0n) is 12.9. The van der Waals surface area contributed by atoms with Crippen LogP contribution in [0, 0.1) is 11.8 Å². The van der Waals surface area contributed by atoms with Crippen LogP contribution in [0.15, 0.2) is 0 Å². The van der Waals surface area contributed by atoms with Gasteiger partial charge in [0.15, 0.2) is 0 Å². The average molecular weight is 266 g/mol. The molecule has 110 valence electrons. The summed E-state index contributed by atoms with van der Waals surface area (Å²) in [6, 6.07) is 0. The number of rotatable bonds is 6. The molecule has 19 heavy (non-hydrogen) atoms. The maximum Gasteiger partial charge on any atom is 0.460 e. The van der Waals surface area contributed by atoms with Crippen molar-refractivity contribution in [2.45, 2.75) is 77.5 Å². The molecule has 0 N–H and O–H groups in total. The number of hydrogen-bond acceptors (Lipinski definition) is 2. The molecule has 1 saturated heterocycles. The van der Waals surface area contributed by atoms with E-state index in [0.29, 0.717) is 11.7 Å². The molecule has 0 unspecified atom stereocenters. The summed E-state index contributed by atoms with van der Waals surface area (Å²) in [5.74, 6) is 2.27. The summed E-state index contributed by atoms with van der Waals surface area (Å²) >= 11 is 0. The normalized spacial score (nSPS) is 29.7. The summed E-state index contributed by atoms with van der Waals surface area (Å²) in [6.07, 6.45) is 12.2. The van der Waals surface area contributed by atoms with Crippen LogP contribution in [0.5, 0.6) is 0 Å². The first-order valence-electron chi connectivity index (χ1n) is 8.56. The lowest BCUT2D eigenvalue weighted by molar-refractivity contribution is 0.0678. The Labute approximate surface area is 119 Å². The lowest BCUT2D eigenvalue weighted by Crippen LogP contribution is -2.39. The van der Waals surface area contributed by atoms with Gasteiger partial charge < -0.3 is 9.31 Å². The highest BCUT2D eigenvalue weighted by Gasteiger charge is 2.36. The second-order valence-electron chi connectivity index (χ2n) is 6.59. The SMILES string of the molecule is CCCCCC1CCC(B2OCC(CC)CO2)CC1. The summed E-state index contributed by atoms with van der Waals surface area (Å²) in [6.45, 7) is 6.34. The van der Waals surface area contributed by atoms with Crippen LogP contribution in [0.4, 0.5) is 0 Å². The molecule has 1 saturated carbocycles. The molecule has 1 heterocycles. The molecule has 2 rings (SSSR count). The second kappa shape index (κ2) is 8.31. The first kappa shape index (κ1) is 15.4. The molecule has 0 aromatic carbocycles. The zero-order valence-corrected chi connectivity index (χ0v) is 12.9. The minimum absolute atomic E-state index is 0.111. The molecular formula is C16H31BO2. The van der Waals surface area contributed by atoms with Gasteiger partial charge in [-0.1, -0.05) is 65.2 Å². The Morgan fingerprint density at radius 2 is 1.58 bits per heavy atom. The van der Waals surface area contributed by atoms with E-state index in [2.05, 4.69) is 13.8 Å². The third-order valence-electron chi connectivity index (χ3n) is 5.06. The van der Waals surface area contributed by atoms with Crippen molar-refractivity contribution in [3.05, 3.63) is 0 Å². The van der Waals surface area contributed by atoms with E-state index >= 15 is 0 Å². The maximum atomic E-state index is 5.93. The van der Waals surface area contributed by atoms with Crippen LogP contribution in [-0.2, 0) is 9.31 Å². The molecule has 1 aliphatic carbocycles. The standard InChI is InChI=1S/C16H31BO2/c1-3-5-6-7-15-8-10-16(11-9-15)17-18-12-14(4-2)13-19-17/h14-16H,3-13H2,1-2H3. The van der Waals surface area contributed by atoms with Crippen molar-refractivity contribution in [2.75, 3.05) is 13.2 Å². The maximum absolute atomic E-state index is 5.93. The molecule has 0 aromatic heterocycles. The van der Waals surface area contributed by atoms with E-state index in [9.17, 15) is 0 Å². The largest absolute Gasteiger partial charge is 0.460 e. The predicted octanol–water partition coefficient (Wildman–Crippen LogP) is 4.69. The van der Waals surface area contributed by atoms with Gasteiger partial charge in [0.05, 0.1) is 0 Å². The molecule has 0 bridgehead atoms. The average Bonchev–Trinajstić information content (AvgIpc) is 2.48. The van der Waals surface area contributed by atoms with Crippen molar-refractivity contribution in [2.24, 2.45) is 11.8 Å². The fourth-order valence-electron chi connectivity index (χ4n) is 3.50. The third-order valence-corrected chi connectivity index (χ3v) is 5.06. The van der Waals surface area contributed by atoms with Crippen LogP contribution in [0.1, 0.15) is 71.6 Å². The van der Waals surface area contributed by atoms with Gasteiger partial charge in [0, 0.05) is 19.1 Å². The Balaban J connectivity index is 1.63. The Kier molecular flexibility index (Phi) is 6.73. The van der Waals surface area contributed by atoms with Gasteiger partial charge in [-0.3, -0.25) is 0 Å². The summed E-state index contributed by atoms with van der Waals surface area (Å²) < 4.78 is 11.9. The summed E-state index contributed by atoms with van der Waals surface area (Å²) in [5.41, 5.74) is 0. The van der Waals surface area contributed by atoms with E-state index < -0.39 is 0 Å². The minimum Gasteiger partial charge on any atom is -0.411 e. The molecule has 0 radical (unpaired) electrons. The highest BCUT2D eigenvalue weighted by molar-refractivity contribution is 6.46. The van der Waals surface area contributed by atoms with Gasteiger partial charge in [-0.25, -0.2) is 0 Å². The van der Waals surface area contributed by atoms with E-state index in [4.69, 9.17) is 9.31 Å². The van der Waals surface area contributed by atoms with Crippen molar-refractivity contribution >= 4 is 7.12 Å². The van der Waals surface area contributed by atoms with Crippen molar-refractivity contribution in [3.63, 3.8) is 0 Å². The Morgan fingerprint density at radius 3 is 2.16 bits per heavy atom. The molecule has 2 aliphatic rings. The molecule has 0 spiro atoms. The highest BCUT2D eigenvalue weighted by Crippen LogP contribution is 2.38. The predicted molar refractivity (Wildman–Crippen MR) is 81.3 cm³/mol. The van der Waals surface area contributed by atoms with E-state index in [-0.39, 0.29) is 7.12 Å². The molecule has 0 aromatic rings. The first-order valence-corrected chi connectivity index (χ1v) is 8.56. The molecular weight excluding hydrogens is 235 g/mol. The summed E-state index contributed by atoms with van der Waals surface area (Å²) in [7, 11) is 0.111. The Hall–Kier alpha value is -0.0151. The monoisotopic (exact) mass is 266 g/mol. The quantitative estimate of drug-likeness (QED) is 0.513. The van der Waals surface area contributed by atoms with E-state index in [0.717, 1.165) is 19.1 Å². The number of unbranched alkanes of at least 4 members (excludes halogenated alkanes) is 2. The van der Waals surface area contributed by atoms with Gasteiger partial charge in [-0.05, 0) is 18.2 Å². The fraction of sp³-hybridized carbons (Fsp3) is 1.00. The van der Waals surface area contributed by atoms with Gasteiger partial charge in [-0.15, -0.1) is 0 Å². The van der Waals surface area contributed by atoms with Crippen molar-refractivity contribution < 1.29 is 9.31 Å². The van der Waals surface area contributed by atoms with Crippen molar-refractivity contribution in [1.29, 1.82) is 0 Å². The summed E-state index contributed by atoms with van der Waals surface area (Å²) in [4.78, 5) is 0. The van der Waals surface area contributed by atoms with Crippen LogP contribution >= 0.6 is 0 Å². The molecule has 0 amide bonds. The van der Waals surface area contributed by atoms with Gasteiger partial charge in [-0.2, -0.15) is 0 Å². The molecule has 3 heteroatoms. The Bertz CT molecular complexity index is 231. The van der Waals surface area contributed by atoms with Gasteiger partial charge in [0.2, 0.25) is 0 Å². The van der Waals surface area contributed by atoms with Crippen molar-refractivity contribution in [3.8, 4) is 0 Å².